The summed E-state index contributed by atoms with van der Waals surface area (Å²) in [4.78, 5) is 27.5. The van der Waals surface area contributed by atoms with Crippen molar-refractivity contribution in [1.29, 1.82) is 0 Å². The molecule has 0 saturated carbocycles. The number of fused-ring (bicyclic) bond motifs is 1. The lowest BCUT2D eigenvalue weighted by Crippen LogP contribution is -2.37. The molecule has 1 aliphatic heterocycles. The molecule has 1 aliphatic rings. The zero-order chi connectivity index (χ0) is 20.4. The topological polar surface area (TPSA) is 67.2 Å². The van der Waals surface area contributed by atoms with E-state index in [1.54, 1.807) is 33.8 Å². The molecule has 0 saturated heterocycles. The number of rotatable bonds is 4. The summed E-state index contributed by atoms with van der Waals surface area (Å²) in [5.74, 6) is -0.376. The number of nitrogens with one attached hydrogen (secondary N) is 1. The Kier molecular flexibility index (Phi) is 5.36. The van der Waals surface area contributed by atoms with Gasteiger partial charge in [-0.25, -0.2) is 0 Å². The van der Waals surface area contributed by atoms with E-state index in [4.69, 9.17) is 11.6 Å². The van der Waals surface area contributed by atoms with E-state index in [1.807, 2.05) is 37.4 Å². The maximum atomic E-state index is 12.9. The molecule has 0 radical (unpaired) electrons. The van der Waals surface area contributed by atoms with Crippen LogP contribution in [-0.4, -0.2) is 33.0 Å². The fraction of sp³-hybridized carbons (Fsp3) is 0.227. The van der Waals surface area contributed by atoms with Crippen molar-refractivity contribution >= 4 is 23.4 Å². The number of nitrogens with zero attached hydrogens (tertiary/aromatic N) is 3. The first kappa shape index (κ1) is 19.2. The SMILES string of the molecule is Cn1nc(C(=O)NCc2ccccc2)c2c1CCN(C(=O)c1ccccc1Cl)C2. The average Bonchev–Trinajstić information content (AvgIpc) is 3.08. The van der Waals surface area contributed by atoms with Gasteiger partial charge >= 0.3 is 0 Å². The number of hydrogen-bond acceptors (Lipinski definition) is 3. The van der Waals surface area contributed by atoms with Gasteiger partial charge in [-0.15, -0.1) is 0 Å². The summed E-state index contributed by atoms with van der Waals surface area (Å²) >= 11 is 6.20. The molecule has 3 aromatic rings. The summed E-state index contributed by atoms with van der Waals surface area (Å²) in [7, 11) is 1.83. The minimum absolute atomic E-state index is 0.138. The fourth-order valence-electron chi connectivity index (χ4n) is 3.62. The van der Waals surface area contributed by atoms with Gasteiger partial charge in [0.05, 0.1) is 17.1 Å². The quantitative estimate of drug-likeness (QED) is 0.720. The van der Waals surface area contributed by atoms with Crippen molar-refractivity contribution in [1.82, 2.24) is 20.0 Å². The Morgan fingerprint density at radius 1 is 1.10 bits per heavy atom. The standard InChI is InChI=1S/C22H21ClN4O2/c1-26-19-11-12-27(22(29)16-9-5-6-10-18(16)23)14-17(19)20(25-26)21(28)24-13-15-7-3-2-4-8-15/h2-10H,11-14H2,1H3,(H,24,28). The van der Waals surface area contributed by atoms with Crippen molar-refractivity contribution in [3.05, 3.63) is 87.7 Å². The van der Waals surface area contributed by atoms with Crippen LogP contribution in [0.15, 0.2) is 54.6 Å². The summed E-state index contributed by atoms with van der Waals surface area (Å²) in [5.41, 5.74) is 3.63. The first-order valence-electron chi connectivity index (χ1n) is 9.45. The summed E-state index contributed by atoms with van der Waals surface area (Å²) in [6, 6.07) is 16.7. The van der Waals surface area contributed by atoms with E-state index in [2.05, 4.69) is 10.4 Å². The number of carbonyl (C=O) groups is 2. The van der Waals surface area contributed by atoms with Crippen LogP contribution in [0.3, 0.4) is 0 Å². The van der Waals surface area contributed by atoms with Gasteiger partial charge in [0.2, 0.25) is 0 Å². The molecule has 0 aliphatic carbocycles. The Labute approximate surface area is 174 Å². The molecule has 0 fully saturated rings. The van der Waals surface area contributed by atoms with E-state index in [0.717, 1.165) is 16.8 Å². The van der Waals surface area contributed by atoms with E-state index in [1.165, 1.54) is 0 Å². The minimum atomic E-state index is -0.238. The van der Waals surface area contributed by atoms with Crippen molar-refractivity contribution in [2.45, 2.75) is 19.5 Å². The fourth-order valence-corrected chi connectivity index (χ4v) is 3.83. The highest BCUT2D eigenvalue weighted by molar-refractivity contribution is 6.33. The molecule has 1 N–H and O–H groups in total. The number of amides is 2. The lowest BCUT2D eigenvalue weighted by Gasteiger charge is -2.28. The lowest BCUT2D eigenvalue weighted by atomic mass is 10.0. The minimum Gasteiger partial charge on any atom is -0.347 e. The second kappa shape index (κ2) is 8.09. The Balaban J connectivity index is 1.54. The number of aromatic nitrogens is 2. The molecule has 6 nitrogen and oxygen atoms in total. The predicted octanol–water partition coefficient (Wildman–Crippen LogP) is 3.20. The Hall–Kier alpha value is -3.12. The molecule has 1 aromatic heterocycles. The van der Waals surface area contributed by atoms with Gasteiger partial charge in [-0.2, -0.15) is 5.10 Å². The maximum Gasteiger partial charge on any atom is 0.272 e. The molecular weight excluding hydrogens is 388 g/mol. The second-order valence-electron chi connectivity index (χ2n) is 7.02. The number of carbonyl (C=O) groups excluding carboxylic acids is 2. The smallest absolute Gasteiger partial charge is 0.272 e. The average molecular weight is 409 g/mol. The summed E-state index contributed by atoms with van der Waals surface area (Å²) in [6.07, 6.45) is 0.640. The monoisotopic (exact) mass is 408 g/mol. The molecule has 2 amide bonds. The van der Waals surface area contributed by atoms with Gasteiger partial charge in [-0.3, -0.25) is 14.3 Å². The van der Waals surface area contributed by atoms with Crippen LogP contribution in [0, 0.1) is 0 Å². The predicted molar refractivity (Wildman–Crippen MR) is 111 cm³/mol. The highest BCUT2D eigenvalue weighted by atomic mass is 35.5. The molecule has 2 heterocycles. The highest BCUT2D eigenvalue weighted by Gasteiger charge is 2.30. The summed E-state index contributed by atoms with van der Waals surface area (Å²) < 4.78 is 1.74. The van der Waals surface area contributed by atoms with Crippen LogP contribution in [0.2, 0.25) is 5.02 Å². The molecule has 29 heavy (non-hydrogen) atoms. The van der Waals surface area contributed by atoms with Gasteiger partial charge in [-0.1, -0.05) is 54.1 Å². The normalized spacial score (nSPS) is 13.1. The van der Waals surface area contributed by atoms with Crippen LogP contribution in [0.25, 0.3) is 0 Å². The van der Waals surface area contributed by atoms with Crippen molar-refractivity contribution in [3.63, 3.8) is 0 Å². The first-order chi connectivity index (χ1) is 14.0. The van der Waals surface area contributed by atoms with Crippen LogP contribution in [-0.2, 0) is 26.6 Å². The van der Waals surface area contributed by atoms with E-state index in [9.17, 15) is 9.59 Å². The highest BCUT2D eigenvalue weighted by Crippen LogP contribution is 2.25. The molecule has 0 unspecified atom stereocenters. The molecule has 2 aromatic carbocycles. The first-order valence-corrected chi connectivity index (χ1v) is 9.83. The third-order valence-electron chi connectivity index (χ3n) is 5.14. The lowest BCUT2D eigenvalue weighted by molar-refractivity contribution is 0.0730. The Bertz CT molecular complexity index is 1060. The van der Waals surface area contributed by atoms with Crippen molar-refractivity contribution < 1.29 is 9.59 Å². The Morgan fingerprint density at radius 2 is 1.83 bits per heavy atom. The number of benzene rings is 2. The molecule has 0 atom stereocenters. The number of aryl methyl sites for hydroxylation is 1. The van der Waals surface area contributed by atoms with Gasteiger partial charge in [0.15, 0.2) is 5.69 Å². The van der Waals surface area contributed by atoms with E-state index in [0.29, 0.717) is 42.3 Å². The third kappa shape index (κ3) is 3.89. The van der Waals surface area contributed by atoms with Crippen LogP contribution < -0.4 is 5.32 Å². The molecule has 7 heteroatoms. The maximum absolute atomic E-state index is 12.9. The van der Waals surface area contributed by atoms with Crippen LogP contribution in [0.5, 0.6) is 0 Å². The van der Waals surface area contributed by atoms with Gasteiger partial charge < -0.3 is 10.2 Å². The van der Waals surface area contributed by atoms with E-state index < -0.39 is 0 Å². The van der Waals surface area contributed by atoms with Crippen molar-refractivity contribution in [2.24, 2.45) is 7.05 Å². The molecular formula is C22H21ClN4O2. The van der Waals surface area contributed by atoms with Crippen LogP contribution in [0.1, 0.15) is 37.7 Å². The second-order valence-corrected chi connectivity index (χ2v) is 7.43. The number of halogens is 1. The van der Waals surface area contributed by atoms with E-state index in [-0.39, 0.29) is 11.8 Å². The van der Waals surface area contributed by atoms with Gasteiger partial charge in [0.25, 0.3) is 11.8 Å². The third-order valence-corrected chi connectivity index (χ3v) is 5.47. The molecule has 0 bridgehead atoms. The number of hydrogen-bond donors (Lipinski definition) is 1. The molecule has 4 rings (SSSR count). The largest absolute Gasteiger partial charge is 0.347 e. The zero-order valence-electron chi connectivity index (χ0n) is 16.1. The van der Waals surface area contributed by atoms with Gasteiger partial charge in [-0.05, 0) is 17.7 Å². The van der Waals surface area contributed by atoms with Crippen molar-refractivity contribution in [3.8, 4) is 0 Å². The van der Waals surface area contributed by atoms with E-state index >= 15 is 0 Å². The van der Waals surface area contributed by atoms with Gasteiger partial charge in [0.1, 0.15) is 0 Å². The van der Waals surface area contributed by atoms with Crippen LogP contribution in [0.4, 0.5) is 0 Å². The van der Waals surface area contributed by atoms with Crippen molar-refractivity contribution in [2.75, 3.05) is 6.54 Å². The zero-order valence-corrected chi connectivity index (χ0v) is 16.8. The van der Waals surface area contributed by atoms with Gasteiger partial charge in [0, 0.05) is 37.8 Å². The molecule has 148 valence electrons. The summed E-state index contributed by atoms with van der Waals surface area (Å²) in [5, 5.41) is 7.78. The summed E-state index contributed by atoms with van der Waals surface area (Å²) in [6.45, 7) is 1.32. The Morgan fingerprint density at radius 3 is 2.59 bits per heavy atom. The molecule has 0 spiro atoms. The van der Waals surface area contributed by atoms with Crippen LogP contribution >= 0.6 is 11.6 Å².